The Balaban J connectivity index is 0.938. The highest BCUT2D eigenvalue weighted by Crippen LogP contribution is 2.64. The van der Waals surface area contributed by atoms with Crippen LogP contribution in [0.3, 0.4) is 0 Å². The molecule has 9 atom stereocenters. The van der Waals surface area contributed by atoms with E-state index in [2.05, 4.69) is 22.5 Å². The van der Waals surface area contributed by atoms with Crippen molar-refractivity contribution in [2.45, 2.75) is 121 Å². The molecule has 1 spiro atoms. The Kier molecular flexibility index (Phi) is 8.43. The van der Waals surface area contributed by atoms with Gasteiger partial charge in [-0.05, 0) is 136 Å². The number of nitrogens with one attached hydrogen (secondary N) is 2. The number of hydrogen-bond acceptors (Lipinski definition) is 5. The zero-order valence-electron chi connectivity index (χ0n) is 25.5. The lowest BCUT2D eigenvalue weighted by Crippen LogP contribution is -2.54. The van der Waals surface area contributed by atoms with Gasteiger partial charge in [-0.3, -0.25) is 4.90 Å². The number of rotatable bonds is 4. The molecule has 0 radical (unpaired) electrons. The van der Waals surface area contributed by atoms with Gasteiger partial charge in [-0.2, -0.15) is 0 Å². The largest absolute Gasteiger partial charge is 0.393 e. The van der Waals surface area contributed by atoms with Crippen LogP contribution in [-0.2, 0) is 4.74 Å². The van der Waals surface area contributed by atoms with Gasteiger partial charge >= 0.3 is 0 Å². The van der Waals surface area contributed by atoms with Crippen LogP contribution < -0.4 is 10.6 Å². The van der Waals surface area contributed by atoms with Crippen LogP contribution >= 0.6 is 0 Å². The molecule has 5 heteroatoms. The minimum Gasteiger partial charge on any atom is -0.393 e. The molecule has 9 unspecified atom stereocenters. The van der Waals surface area contributed by atoms with Crippen LogP contribution in [0.4, 0.5) is 0 Å². The fourth-order valence-corrected chi connectivity index (χ4v) is 11.9. The molecule has 3 saturated heterocycles. The van der Waals surface area contributed by atoms with Crippen LogP contribution in [0.5, 0.6) is 0 Å². The summed E-state index contributed by atoms with van der Waals surface area (Å²) in [4.78, 5) is 2.71. The van der Waals surface area contributed by atoms with Crippen molar-refractivity contribution in [2.24, 2.45) is 46.8 Å². The number of fused-ring (bicyclic) bond motifs is 4. The molecule has 4 saturated carbocycles. The second-order valence-electron chi connectivity index (χ2n) is 15.7. The van der Waals surface area contributed by atoms with Crippen molar-refractivity contribution in [1.82, 2.24) is 15.5 Å². The Morgan fingerprint density at radius 2 is 1.52 bits per heavy atom. The van der Waals surface area contributed by atoms with Crippen LogP contribution in [0.15, 0.2) is 12.2 Å². The van der Waals surface area contributed by atoms with Gasteiger partial charge in [-0.25, -0.2) is 0 Å². The Morgan fingerprint density at radius 3 is 2.25 bits per heavy atom. The molecule has 3 aliphatic heterocycles. The average Bonchev–Trinajstić information content (AvgIpc) is 3.41. The summed E-state index contributed by atoms with van der Waals surface area (Å²) < 4.78 is 5.59. The van der Waals surface area contributed by atoms with E-state index in [-0.39, 0.29) is 6.10 Å². The van der Waals surface area contributed by atoms with Crippen molar-refractivity contribution in [1.29, 1.82) is 0 Å². The maximum atomic E-state index is 11.3. The lowest BCUT2D eigenvalue weighted by Gasteiger charge is -2.55. The van der Waals surface area contributed by atoms with Gasteiger partial charge in [0.25, 0.3) is 0 Å². The van der Waals surface area contributed by atoms with Gasteiger partial charge in [-0.15, -0.1) is 0 Å². The maximum Gasteiger partial charge on any atom is 0.0597 e. The molecular weight excluding hydrogens is 494 g/mol. The first-order valence-corrected chi connectivity index (χ1v) is 17.7. The number of ether oxygens (including phenoxy) is 1. The van der Waals surface area contributed by atoms with Crippen LogP contribution in [0, 0.1) is 46.8 Å². The second kappa shape index (κ2) is 11.9. The number of hydrogen-bond donors (Lipinski definition) is 3. The summed E-state index contributed by atoms with van der Waals surface area (Å²) in [6.07, 6.45) is 19.1. The number of aliphatic hydroxyl groups excluding tert-OH is 1. The number of nitrogens with zero attached hydrogens (tertiary/aromatic N) is 1. The third-order valence-electron chi connectivity index (χ3n) is 13.9. The van der Waals surface area contributed by atoms with Crippen LogP contribution in [0.1, 0.15) is 96.8 Å². The van der Waals surface area contributed by atoms with Gasteiger partial charge in [0.2, 0.25) is 0 Å². The highest BCUT2D eigenvalue weighted by atomic mass is 16.5. The lowest BCUT2D eigenvalue weighted by atomic mass is 9.51. The smallest absolute Gasteiger partial charge is 0.0597 e. The first-order valence-electron chi connectivity index (χ1n) is 17.7. The topological polar surface area (TPSA) is 56.8 Å². The van der Waals surface area contributed by atoms with E-state index in [4.69, 9.17) is 11.3 Å². The molecular formula is C35H59N3O2. The molecule has 0 aromatic carbocycles. The summed E-state index contributed by atoms with van der Waals surface area (Å²) in [5.41, 5.74) is 1.96. The van der Waals surface area contributed by atoms with E-state index in [0.29, 0.717) is 29.3 Å². The van der Waals surface area contributed by atoms with E-state index in [9.17, 15) is 5.11 Å². The van der Waals surface area contributed by atoms with Crippen molar-refractivity contribution < 1.29 is 9.84 Å². The third kappa shape index (κ3) is 5.27. The minimum absolute atomic E-state index is 0.0781. The highest BCUT2D eigenvalue weighted by molar-refractivity contribution is 5.19. The molecule has 7 rings (SSSR count). The van der Waals surface area contributed by atoms with Gasteiger partial charge in [-0.1, -0.05) is 32.8 Å². The van der Waals surface area contributed by atoms with Gasteiger partial charge in [0.15, 0.2) is 0 Å². The zero-order chi connectivity index (χ0) is 27.3. The average molecular weight is 554 g/mol. The molecule has 3 heterocycles. The molecule has 0 aromatic rings. The first kappa shape index (κ1) is 28.3. The van der Waals surface area contributed by atoms with Gasteiger partial charge in [0, 0.05) is 31.2 Å². The van der Waals surface area contributed by atoms with Gasteiger partial charge in [0.1, 0.15) is 0 Å². The number of piperidine rings is 2. The zero-order valence-corrected chi connectivity index (χ0v) is 25.5. The quantitative estimate of drug-likeness (QED) is 0.408. The number of aliphatic hydroxyl groups is 1. The van der Waals surface area contributed by atoms with Crippen LogP contribution in [-0.4, -0.2) is 73.6 Å². The molecule has 226 valence electrons. The van der Waals surface area contributed by atoms with E-state index < -0.39 is 0 Å². The van der Waals surface area contributed by atoms with E-state index in [1.54, 1.807) is 0 Å². The second-order valence-corrected chi connectivity index (χ2v) is 15.7. The van der Waals surface area contributed by atoms with E-state index >= 15 is 0 Å². The fraction of sp³-hybridized carbons (Fsp3) is 0.943. The SMILES string of the molecule is C=C(C1CCC(C2CCC(N3CCOCC3)CC2)CN1)C1CC2C(CN1)CC1C(O)C(C)CC3(CCCCC3)C21. The summed E-state index contributed by atoms with van der Waals surface area (Å²) in [6, 6.07) is 1.74. The van der Waals surface area contributed by atoms with Gasteiger partial charge < -0.3 is 20.5 Å². The normalized spacial score (nSPS) is 47.9. The summed E-state index contributed by atoms with van der Waals surface area (Å²) >= 11 is 0. The molecule has 40 heavy (non-hydrogen) atoms. The summed E-state index contributed by atoms with van der Waals surface area (Å²) in [6.45, 7) is 13.6. The molecule has 7 aliphatic rings. The molecule has 0 aromatic heterocycles. The molecule has 3 N–H and O–H groups in total. The predicted molar refractivity (Wildman–Crippen MR) is 162 cm³/mol. The van der Waals surface area contributed by atoms with Crippen molar-refractivity contribution in [3.05, 3.63) is 12.2 Å². The van der Waals surface area contributed by atoms with Crippen molar-refractivity contribution >= 4 is 0 Å². The summed E-state index contributed by atoms with van der Waals surface area (Å²) in [5, 5.41) is 19.4. The molecule has 0 amide bonds. The summed E-state index contributed by atoms with van der Waals surface area (Å²) in [7, 11) is 0. The monoisotopic (exact) mass is 553 g/mol. The Bertz CT molecular complexity index is 866. The van der Waals surface area contributed by atoms with Crippen LogP contribution in [0.2, 0.25) is 0 Å². The molecule has 4 aliphatic carbocycles. The standard InChI is InChI=1S/C35H59N3O2/c1-23-20-35(12-4-3-5-13-35)33-29-19-32(37-22-27(29)18-30(33)34(23)39)24(2)31-11-8-26(21-36-31)25-6-9-28(10-7-25)38-14-16-40-17-15-38/h23,25-34,36-37,39H,2-22H2,1H3. The van der Waals surface area contributed by atoms with E-state index in [0.717, 1.165) is 68.5 Å². The Hall–Kier alpha value is -0.460. The Morgan fingerprint density at radius 1 is 0.825 bits per heavy atom. The van der Waals surface area contributed by atoms with E-state index in [1.807, 2.05) is 0 Å². The maximum absolute atomic E-state index is 11.3. The highest BCUT2D eigenvalue weighted by Gasteiger charge is 2.60. The molecule has 5 nitrogen and oxygen atoms in total. The fourth-order valence-electron chi connectivity index (χ4n) is 11.9. The lowest BCUT2D eigenvalue weighted by molar-refractivity contribution is -0.100. The first-order chi connectivity index (χ1) is 19.5. The predicted octanol–water partition coefficient (Wildman–Crippen LogP) is 5.38. The van der Waals surface area contributed by atoms with E-state index in [1.165, 1.54) is 102 Å². The van der Waals surface area contributed by atoms with Crippen molar-refractivity contribution in [3.8, 4) is 0 Å². The van der Waals surface area contributed by atoms with Crippen molar-refractivity contribution in [2.75, 3.05) is 39.4 Å². The van der Waals surface area contributed by atoms with Gasteiger partial charge in [0.05, 0.1) is 19.3 Å². The number of morpholine rings is 1. The van der Waals surface area contributed by atoms with Crippen molar-refractivity contribution in [3.63, 3.8) is 0 Å². The Labute approximate surface area is 244 Å². The minimum atomic E-state index is -0.0781. The molecule has 0 bridgehead atoms. The van der Waals surface area contributed by atoms with Crippen LogP contribution in [0.25, 0.3) is 0 Å². The third-order valence-corrected chi connectivity index (χ3v) is 13.9. The molecule has 7 fully saturated rings. The summed E-state index contributed by atoms with van der Waals surface area (Å²) in [5.74, 6) is 5.07.